The molecule has 2 atom stereocenters. The van der Waals surface area contributed by atoms with Gasteiger partial charge in [-0.05, 0) is 30.6 Å². The molecule has 100 valence electrons. The van der Waals surface area contributed by atoms with Crippen LogP contribution < -0.4 is 5.73 Å². The average molecular weight is 275 g/mol. The second-order valence-corrected chi connectivity index (χ2v) is 6.10. The monoisotopic (exact) mass is 275 g/mol. The zero-order chi connectivity index (χ0) is 13.1. The smallest absolute Gasteiger partial charge is 0.243 e. The summed E-state index contributed by atoms with van der Waals surface area (Å²) in [4.78, 5) is 4.46. The molecule has 0 bridgehead atoms. The predicted molar refractivity (Wildman–Crippen MR) is 75.8 cm³/mol. The van der Waals surface area contributed by atoms with Crippen LogP contribution in [0, 0.1) is 0 Å². The van der Waals surface area contributed by atoms with Gasteiger partial charge in [-0.1, -0.05) is 35.5 Å². The lowest BCUT2D eigenvalue weighted by molar-refractivity contribution is 0.350. The van der Waals surface area contributed by atoms with Gasteiger partial charge >= 0.3 is 0 Å². The van der Waals surface area contributed by atoms with E-state index in [-0.39, 0.29) is 6.04 Å². The Hall–Kier alpha value is -1.33. The maximum atomic E-state index is 6.14. The molecule has 0 amide bonds. The minimum absolute atomic E-state index is 0.227. The van der Waals surface area contributed by atoms with E-state index in [1.54, 1.807) is 0 Å². The molecule has 1 aromatic carbocycles. The number of nitrogens with two attached hydrogens (primary N) is 1. The maximum absolute atomic E-state index is 6.14. The van der Waals surface area contributed by atoms with Crippen LogP contribution in [-0.4, -0.2) is 15.9 Å². The minimum atomic E-state index is -0.227. The number of hydrogen-bond donors (Lipinski definition) is 1. The fraction of sp³-hybridized carbons (Fsp3) is 0.429. The summed E-state index contributed by atoms with van der Waals surface area (Å²) in [6.45, 7) is 0. The van der Waals surface area contributed by atoms with Gasteiger partial charge in [0.05, 0.1) is 11.3 Å². The van der Waals surface area contributed by atoms with Crippen molar-refractivity contribution in [1.29, 1.82) is 0 Å². The molecule has 0 radical (unpaired) electrons. The van der Waals surface area contributed by atoms with Gasteiger partial charge in [0.1, 0.15) is 0 Å². The highest BCUT2D eigenvalue weighted by Crippen LogP contribution is 2.38. The number of nitrogens with zero attached hydrogens (tertiary/aromatic N) is 2. The Morgan fingerprint density at radius 3 is 2.95 bits per heavy atom. The summed E-state index contributed by atoms with van der Waals surface area (Å²) in [6, 6.07) is 9.91. The summed E-state index contributed by atoms with van der Waals surface area (Å²) >= 11 is 1.90. The summed E-state index contributed by atoms with van der Waals surface area (Å²) < 4.78 is 5.31. The molecule has 1 aliphatic heterocycles. The second kappa shape index (κ2) is 5.75. The molecule has 1 aromatic heterocycles. The van der Waals surface area contributed by atoms with Crippen LogP contribution in [0.15, 0.2) is 34.9 Å². The molecule has 1 fully saturated rings. The summed E-state index contributed by atoms with van der Waals surface area (Å²) in [5.41, 5.74) is 7.32. The Morgan fingerprint density at radius 1 is 1.37 bits per heavy atom. The molecular weight excluding hydrogens is 258 g/mol. The highest BCUT2D eigenvalue weighted by atomic mass is 32.2. The van der Waals surface area contributed by atoms with Gasteiger partial charge in [-0.3, -0.25) is 0 Å². The van der Waals surface area contributed by atoms with Crippen molar-refractivity contribution < 1.29 is 4.52 Å². The fourth-order valence-corrected chi connectivity index (χ4v) is 3.46. The topological polar surface area (TPSA) is 64.9 Å². The third kappa shape index (κ3) is 2.98. The van der Waals surface area contributed by atoms with Crippen LogP contribution in [0.1, 0.15) is 41.4 Å². The first-order chi connectivity index (χ1) is 9.33. The fourth-order valence-electron chi connectivity index (χ4n) is 2.27. The van der Waals surface area contributed by atoms with E-state index in [1.807, 2.05) is 30.0 Å². The Labute approximate surface area is 116 Å². The first-order valence-electron chi connectivity index (χ1n) is 6.57. The van der Waals surface area contributed by atoms with Crippen LogP contribution in [0.2, 0.25) is 0 Å². The standard InChI is InChI=1S/C14H17N3OS/c15-11(9-10-5-2-1-3-6-10)14-16-13(17-18-14)12-7-4-8-19-12/h1-3,5-6,11-12H,4,7-9,15H2/t11-,12?/m0/s1. The van der Waals surface area contributed by atoms with Gasteiger partial charge in [0.25, 0.3) is 0 Å². The summed E-state index contributed by atoms with van der Waals surface area (Å²) in [7, 11) is 0. The van der Waals surface area contributed by atoms with Crippen LogP contribution >= 0.6 is 11.8 Å². The Kier molecular flexibility index (Phi) is 3.84. The van der Waals surface area contributed by atoms with E-state index in [9.17, 15) is 0 Å². The number of aromatic nitrogens is 2. The summed E-state index contributed by atoms with van der Waals surface area (Å²) in [5.74, 6) is 2.54. The predicted octanol–water partition coefficient (Wildman–Crippen LogP) is 2.88. The molecule has 0 aliphatic carbocycles. The normalized spacial score (nSPS) is 20.6. The number of rotatable bonds is 4. The van der Waals surface area contributed by atoms with Gasteiger partial charge in [-0.2, -0.15) is 16.7 Å². The van der Waals surface area contributed by atoms with Gasteiger partial charge in [0, 0.05) is 0 Å². The summed E-state index contributed by atoms with van der Waals surface area (Å²) in [6.07, 6.45) is 3.09. The molecule has 1 unspecified atom stereocenters. The lowest BCUT2D eigenvalue weighted by Gasteiger charge is -2.06. The van der Waals surface area contributed by atoms with E-state index >= 15 is 0 Å². The van der Waals surface area contributed by atoms with E-state index < -0.39 is 0 Å². The highest BCUT2D eigenvalue weighted by Gasteiger charge is 2.24. The largest absolute Gasteiger partial charge is 0.338 e. The molecule has 2 heterocycles. The van der Waals surface area contributed by atoms with Crippen molar-refractivity contribution in [1.82, 2.24) is 10.1 Å². The molecule has 0 spiro atoms. The van der Waals surface area contributed by atoms with Gasteiger partial charge in [0.15, 0.2) is 5.82 Å². The summed E-state index contributed by atoms with van der Waals surface area (Å²) in [5, 5.41) is 4.46. The highest BCUT2D eigenvalue weighted by molar-refractivity contribution is 7.99. The third-order valence-electron chi connectivity index (χ3n) is 3.29. The van der Waals surface area contributed by atoms with Gasteiger partial charge in [-0.15, -0.1) is 0 Å². The molecule has 3 rings (SSSR count). The Morgan fingerprint density at radius 2 is 2.21 bits per heavy atom. The Bertz CT molecular complexity index is 522. The van der Waals surface area contributed by atoms with Crippen molar-refractivity contribution in [2.24, 2.45) is 5.73 Å². The van der Waals surface area contributed by atoms with Crippen molar-refractivity contribution in [3.05, 3.63) is 47.6 Å². The lowest BCUT2D eigenvalue weighted by Crippen LogP contribution is -2.13. The van der Waals surface area contributed by atoms with Crippen LogP contribution in [0.5, 0.6) is 0 Å². The van der Waals surface area contributed by atoms with Gasteiger partial charge < -0.3 is 10.3 Å². The third-order valence-corrected chi connectivity index (χ3v) is 4.66. The van der Waals surface area contributed by atoms with E-state index in [0.29, 0.717) is 11.1 Å². The van der Waals surface area contributed by atoms with Gasteiger partial charge in [-0.25, -0.2) is 0 Å². The SMILES string of the molecule is N[C@@H](Cc1ccccc1)c1nc(C2CCCS2)no1. The first-order valence-corrected chi connectivity index (χ1v) is 7.62. The van der Waals surface area contributed by atoms with Crippen molar-refractivity contribution in [3.8, 4) is 0 Å². The van der Waals surface area contributed by atoms with E-state index in [0.717, 1.165) is 18.7 Å². The van der Waals surface area contributed by atoms with Crippen LogP contribution in [0.4, 0.5) is 0 Å². The lowest BCUT2D eigenvalue weighted by atomic mass is 10.1. The molecule has 1 aliphatic rings. The van der Waals surface area contributed by atoms with E-state index in [2.05, 4.69) is 22.3 Å². The Balaban J connectivity index is 1.68. The van der Waals surface area contributed by atoms with Crippen molar-refractivity contribution in [2.75, 3.05) is 5.75 Å². The van der Waals surface area contributed by atoms with Crippen LogP contribution in [0.3, 0.4) is 0 Å². The maximum Gasteiger partial charge on any atom is 0.243 e. The van der Waals surface area contributed by atoms with E-state index in [1.165, 1.54) is 17.7 Å². The molecule has 2 N–H and O–H groups in total. The molecule has 1 saturated heterocycles. The molecule has 5 heteroatoms. The zero-order valence-corrected chi connectivity index (χ0v) is 11.5. The van der Waals surface area contributed by atoms with Crippen LogP contribution in [0.25, 0.3) is 0 Å². The molecule has 0 saturated carbocycles. The van der Waals surface area contributed by atoms with Crippen molar-refractivity contribution in [3.63, 3.8) is 0 Å². The number of hydrogen-bond acceptors (Lipinski definition) is 5. The van der Waals surface area contributed by atoms with Crippen molar-refractivity contribution in [2.45, 2.75) is 30.6 Å². The van der Waals surface area contributed by atoms with Crippen molar-refractivity contribution >= 4 is 11.8 Å². The molecule has 2 aromatic rings. The molecule has 4 nitrogen and oxygen atoms in total. The zero-order valence-electron chi connectivity index (χ0n) is 10.7. The number of thioether (sulfide) groups is 1. The average Bonchev–Trinajstić information content (AvgIpc) is 3.11. The van der Waals surface area contributed by atoms with Gasteiger partial charge in [0.2, 0.25) is 5.89 Å². The van der Waals surface area contributed by atoms with Crippen LogP contribution in [-0.2, 0) is 6.42 Å². The molecule has 19 heavy (non-hydrogen) atoms. The minimum Gasteiger partial charge on any atom is -0.338 e. The first kappa shape index (κ1) is 12.7. The number of benzene rings is 1. The quantitative estimate of drug-likeness (QED) is 0.929. The van der Waals surface area contributed by atoms with E-state index in [4.69, 9.17) is 10.3 Å². The molecular formula is C14H17N3OS. The second-order valence-electron chi connectivity index (χ2n) is 4.79.